The molecule has 0 fully saturated rings. The van der Waals surface area contributed by atoms with Gasteiger partial charge in [0.05, 0.1) is 0 Å². The van der Waals surface area contributed by atoms with E-state index in [-0.39, 0.29) is 41.8 Å². The number of carboxylic acid groups (broad SMARTS) is 1. The Hall–Kier alpha value is -3.88. The number of fused-ring (bicyclic) bond motifs is 3. The lowest BCUT2D eigenvalue weighted by atomic mass is 9.98. The van der Waals surface area contributed by atoms with E-state index in [0.29, 0.717) is 0 Å². The number of carbonyl (C=O) groups excluding carboxylic acids is 2. The lowest BCUT2D eigenvalue weighted by molar-refractivity contribution is -0.146. The van der Waals surface area contributed by atoms with Gasteiger partial charge < -0.3 is 20.3 Å². The lowest BCUT2D eigenvalue weighted by Crippen LogP contribution is -2.30. The Labute approximate surface area is 206 Å². The number of aliphatic hydroxyl groups is 1. The Morgan fingerprint density at radius 3 is 2.23 bits per heavy atom. The zero-order chi connectivity index (χ0) is 24.9. The summed E-state index contributed by atoms with van der Waals surface area (Å²) >= 11 is 6.11. The maximum Gasteiger partial charge on any atom is 0.411 e. The van der Waals surface area contributed by atoms with Crippen LogP contribution in [0.15, 0.2) is 66.7 Å². The molecule has 0 aromatic heterocycles. The number of halogens is 1. The van der Waals surface area contributed by atoms with Crippen molar-refractivity contribution in [3.05, 3.63) is 88.4 Å². The van der Waals surface area contributed by atoms with E-state index in [2.05, 4.69) is 22.8 Å². The summed E-state index contributed by atoms with van der Waals surface area (Å²) < 4.78 is 5.52. The average Bonchev–Trinajstić information content (AvgIpc) is 3.16. The van der Waals surface area contributed by atoms with Gasteiger partial charge in [0.1, 0.15) is 6.61 Å². The van der Waals surface area contributed by atoms with E-state index < -0.39 is 24.1 Å². The van der Waals surface area contributed by atoms with Crippen molar-refractivity contribution in [2.75, 3.05) is 18.5 Å². The zero-order valence-corrected chi connectivity index (χ0v) is 19.3. The molecule has 0 radical (unpaired) electrons. The minimum Gasteiger partial charge on any atom is -0.479 e. The summed E-state index contributed by atoms with van der Waals surface area (Å²) in [7, 11) is 0. The van der Waals surface area contributed by atoms with Gasteiger partial charge in [-0.25, -0.2) is 9.59 Å². The van der Waals surface area contributed by atoms with E-state index in [1.807, 2.05) is 36.4 Å². The fraction of sp³-hybridized carbons (Fsp3) is 0.192. The van der Waals surface area contributed by atoms with Crippen molar-refractivity contribution in [2.45, 2.75) is 18.4 Å². The molecule has 4 N–H and O–H groups in total. The third-order valence-corrected chi connectivity index (χ3v) is 5.96. The molecule has 3 aromatic rings. The van der Waals surface area contributed by atoms with Crippen molar-refractivity contribution in [1.82, 2.24) is 5.32 Å². The number of benzene rings is 3. The van der Waals surface area contributed by atoms with E-state index >= 15 is 0 Å². The SMILES string of the molecule is O=C(Nc1cc(Cl)cc(C(=O)NCCC(O)C(=O)O)c1)OCC1c2ccccc2-c2ccccc21. The van der Waals surface area contributed by atoms with Crippen LogP contribution in [0.2, 0.25) is 5.02 Å². The Morgan fingerprint density at radius 2 is 1.60 bits per heavy atom. The molecule has 3 aromatic carbocycles. The number of amides is 2. The van der Waals surface area contributed by atoms with E-state index in [9.17, 15) is 19.5 Å². The summed E-state index contributed by atoms with van der Waals surface area (Å²) in [5.41, 5.74) is 4.87. The predicted molar refractivity (Wildman–Crippen MR) is 131 cm³/mol. The number of rotatable bonds is 8. The number of carbonyl (C=O) groups is 3. The summed E-state index contributed by atoms with van der Waals surface area (Å²) in [6, 6.07) is 20.3. The molecule has 1 aliphatic carbocycles. The molecule has 0 aliphatic heterocycles. The van der Waals surface area contributed by atoms with Crippen LogP contribution in [0.3, 0.4) is 0 Å². The molecule has 2 amide bonds. The van der Waals surface area contributed by atoms with Crippen LogP contribution in [0, 0.1) is 0 Å². The molecule has 0 bridgehead atoms. The lowest BCUT2D eigenvalue weighted by Gasteiger charge is -2.15. The first-order chi connectivity index (χ1) is 16.8. The first-order valence-corrected chi connectivity index (χ1v) is 11.3. The number of ether oxygens (including phenoxy) is 1. The number of aliphatic carboxylic acids is 1. The highest BCUT2D eigenvalue weighted by atomic mass is 35.5. The minimum absolute atomic E-state index is 0.0477. The highest BCUT2D eigenvalue weighted by molar-refractivity contribution is 6.31. The van der Waals surface area contributed by atoms with Crippen LogP contribution < -0.4 is 10.6 Å². The quantitative estimate of drug-likeness (QED) is 0.370. The Kier molecular flexibility index (Phi) is 7.33. The molecule has 0 spiro atoms. The van der Waals surface area contributed by atoms with Crippen LogP contribution >= 0.6 is 11.6 Å². The second kappa shape index (κ2) is 10.6. The van der Waals surface area contributed by atoms with E-state index in [1.165, 1.54) is 18.2 Å². The van der Waals surface area contributed by atoms with Crippen molar-refractivity contribution in [1.29, 1.82) is 0 Å². The fourth-order valence-electron chi connectivity index (χ4n) is 4.09. The number of hydrogen-bond donors (Lipinski definition) is 4. The van der Waals surface area contributed by atoms with Crippen LogP contribution in [0.25, 0.3) is 11.1 Å². The molecule has 0 heterocycles. The van der Waals surface area contributed by atoms with E-state index in [0.717, 1.165) is 22.3 Å². The fourth-order valence-corrected chi connectivity index (χ4v) is 4.33. The van der Waals surface area contributed by atoms with Crippen molar-refractivity contribution < 1.29 is 29.3 Å². The van der Waals surface area contributed by atoms with Gasteiger partial charge in [-0.3, -0.25) is 10.1 Å². The maximum absolute atomic E-state index is 12.5. The first kappa shape index (κ1) is 24.3. The largest absolute Gasteiger partial charge is 0.479 e. The molecular weight excluding hydrogens is 472 g/mol. The number of carboxylic acids is 1. The topological polar surface area (TPSA) is 125 Å². The minimum atomic E-state index is -1.57. The zero-order valence-electron chi connectivity index (χ0n) is 18.5. The molecule has 1 atom stereocenters. The molecule has 9 heteroatoms. The van der Waals surface area contributed by atoms with Gasteiger partial charge in [0.25, 0.3) is 5.91 Å². The molecule has 4 rings (SSSR count). The third-order valence-electron chi connectivity index (χ3n) is 5.74. The number of hydrogen-bond acceptors (Lipinski definition) is 5. The predicted octanol–water partition coefficient (Wildman–Crippen LogP) is 4.27. The average molecular weight is 495 g/mol. The van der Waals surface area contributed by atoms with Gasteiger partial charge in [-0.15, -0.1) is 0 Å². The van der Waals surface area contributed by atoms with Gasteiger partial charge in [-0.05, 0) is 40.5 Å². The summed E-state index contributed by atoms with van der Waals surface area (Å²) in [5.74, 6) is -1.98. The van der Waals surface area contributed by atoms with Gasteiger partial charge in [-0.2, -0.15) is 0 Å². The molecular formula is C26H23ClN2O6. The van der Waals surface area contributed by atoms with Crippen LogP contribution in [-0.4, -0.2) is 47.4 Å². The normalized spacial score (nSPS) is 12.9. The first-order valence-electron chi connectivity index (χ1n) is 10.9. The van der Waals surface area contributed by atoms with Crippen LogP contribution in [0.5, 0.6) is 0 Å². The molecule has 1 unspecified atom stereocenters. The highest BCUT2D eigenvalue weighted by Crippen LogP contribution is 2.44. The van der Waals surface area contributed by atoms with Crippen LogP contribution in [0.1, 0.15) is 33.8 Å². The highest BCUT2D eigenvalue weighted by Gasteiger charge is 2.29. The Bertz CT molecular complexity index is 1230. The van der Waals surface area contributed by atoms with E-state index in [1.54, 1.807) is 0 Å². The molecule has 0 saturated heterocycles. The smallest absolute Gasteiger partial charge is 0.411 e. The molecule has 35 heavy (non-hydrogen) atoms. The Balaban J connectivity index is 1.38. The molecule has 8 nitrogen and oxygen atoms in total. The standard InChI is InChI=1S/C26H23ClN2O6/c27-16-11-15(24(31)28-10-9-23(30)25(32)33)12-17(13-16)29-26(34)35-14-22-20-7-3-1-5-18(20)19-6-2-4-8-21(19)22/h1-8,11-13,22-23,30H,9-10,14H2,(H,28,31)(H,29,34)(H,32,33). The second-order valence-electron chi connectivity index (χ2n) is 8.08. The van der Waals surface area contributed by atoms with Crippen molar-refractivity contribution >= 4 is 35.3 Å². The van der Waals surface area contributed by atoms with Gasteiger partial charge in [0, 0.05) is 35.2 Å². The molecule has 0 saturated carbocycles. The summed E-state index contributed by atoms with van der Waals surface area (Å²) in [5, 5.41) is 23.3. The summed E-state index contributed by atoms with van der Waals surface area (Å²) in [4.78, 5) is 35.6. The summed E-state index contributed by atoms with van der Waals surface area (Å²) in [6.07, 6.45) is -2.41. The van der Waals surface area contributed by atoms with Gasteiger partial charge in [0.15, 0.2) is 6.10 Å². The molecule has 180 valence electrons. The van der Waals surface area contributed by atoms with Crippen molar-refractivity contribution in [3.8, 4) is 11.1 Å². The molecule has 1 aliphatic rings. The van der Waals surface area contributed by atoms with Gasteiger partial charge in [-0.1, -0.05) is 60.1 Å². The second-order valence-corrected chi connectivity index (χ2v) is 8.51. The van der Waals surface area contributed by atoms with Crippen LogP contribution in [0.4, 0.5) is 10.5 Å². The number of aliphatic hydroxyl groups excluding tert-OH is 1. The number of nitrogens with one attached hydrogen (secondary N) is 2. The van der Waals surface area contributed by atoms with Crippen LogP contribution in [-0.2, 0) is 9.53 Å². The van der Waals surface area contributed by atoms with Crippen molar-refractivity contribution in [3.63, 3.8) is 0 Å². The van der Waals surface area contributed by atoms with E-state index in [4.69, 9.17) is 21.4 Å². The monoisotopic (exact) mass is 494 g/mol. The third kappa shape index (κ3) is 5.62. The Morgan fingerprint density at radius 1 is 0.971 bits per heavy atom. The van der Waals surface area contributed by atoms with Gasteiger partial charge in [0.2, 0.25) is 0 Å². The number of anilines is 1. The summed E-state index contributed by atoms with van der Waals surface area (Å²) in [6.45, 7) is 0.0909. The maximum atomic E-state index is 12.5. The van der Waals surface area contributed by atoms with Gasteiger partial charge >= 0.3 is 12.1 Å². The van der Waals surface area contributed by atoms with Crippen molar-refractivity contribution in [2.24, 2.45) is 0 Å².